The quantitative estimate of drug-likeness (QED) is 0.602. The van der Waals surface area contributed by atoms with E-state index in [1.54, 1.807) is 12.3 Å². The Balaban J connectivity index is 2.03. The SMILES string of the molecule is CNS(=O)(=O)c1ccc(OC(C)C)c(Nc2ncc3c(C)[nH]nc3n2)c1. The molecule has 0 bridgehead atoms. The van der Waals surface area contributed by atoms with E-state index in [0.717, 1.165) is 11.1 Å². The summed E-state index contributed by atoms with van der Waals surface area (Å²) in [7, 11) is -2.23. The highest BCUT2D eigenvalue weighted by Gasteiger charge is 2.16. The molecule has 0 saturated heterocycles. The van der Waals surface area contributed by atoms with Gasteiger partial charge in [-0.25, -0.2) is 18.1 Å². The lowest BCUT2D eigenvalue weighted by Gasteiger charge is -2.16. The fourth-order valence-electron chi connectivity index (χ4n) is 2.35. The molecule has 1 aromatic carbocycles. The van der Waals surface area contributed by atoms with E-state index in [-0.39, 0.29) is 16.9 Å². The molecule has 0 aliphatic heterocycles. The lowest BCUT2D eigenvalue weighted by atomic mass is 10.3. The number of aromatic amines is 1. The number of aromatic nitrogens is 4. The number of nitrogens with zero attached hydrogens (tertiary/aromatic N) is 3. The summed E-state index contributed by atoms with van der Waals surface area (Å²) in [5.41, 5.74) is 1.84. The lowest BCUT2D eigenvalue weighted by molar-refractivity contribution is 0.243. The Morgan fingerprint density at radius 1 is 1.27 bits per heavy atom. The third-order valence-electron chi connectivity index (χ3n) is 3.64. The number of rotatable bonds is 6. The van der Waals surface area contributed by atoms with E-state index in [9.17, 15) is 8.42 Å². The summed E-state index contributed by atoms with van der Waals surface area (Å²) in [4.78, 5) is 8.71. The van der Waals surface area contributed by atoms with Gasteiger partial charge >= 0.3 is 0 Å². The highest BCUT2D eigenvalue weighted by atomic mass is 32.2. The van der Waals surface area contributed by atoms with Crippen LogP contribution in [0, 0.1) is 6.92 Å². The maximum absolute atomic E-state index is 12.1. The maximum atomic E-state index is 12.1. The second-order valence-corrected chi connectivity index (χ2v) is 7.82. The van der Waals surface area contributed by atoms with E-state index in [1.165, 1.54) is 19.2 Å². The number of sulfonamides is 1. The van der Waals surface area contributed by atoms with Crippen LogP contribution in [0.25, 0.3) is 11.0 Å². The Bertz CT molecular complexity index is 1050. The first kappa shape index (κ1) is 18.1. The van der Waals surface area contributed by atoms with Gasteiger partial charge in [0, 0.05) is 11.9 Å². The summed E-state index contributed by atoms with van der Waals surface area (Å²) < 4.78 is 32.2. The minimum atomic E-state index is -3.59. The van der Waals surface area contributed by atoms with E-state index in [0.29, 0.717) is 17.1 Å². The number of hydrogen-bond acceptors (Lipinski definition) is 7. The molecular weight excluding hydrogens is 356 g/mol. The maximum Gasteiger partial charge on any atom is 0.240 e. The van der Waals surface area contributed by atoms with Gasteiger partial charge in [-0.1, -0.05) is 0 Å². The zero-order chi connectivity index (χ0) is 18.9. The van der Waals surface area contributed by atoms with Crippen molar-refractivity contribution >= 4 is 32.7 Å². The molecule has 138 valence electrons. The highest BCUT2D eigenvalue weighted by molar-refractivity contribution is 7.89. The molecule has 0 atom stereocenters. The van der Waals surface area contributed by atoms with Crippen LogP contribution in [0.2, 0.25) is 0 Å². The first-order valence-corrected chi connectivity index (χ1v) is 9.47. The van der Waals surface area contributed by atoms with Crippen LogP contribution in [0.4, 0.5) is 11.6 Å². The molecule has 0 spiro atoms. The van der Waals surface area contributed by atoms with Gasteiger partial charge in [0.05, 0.1) is 22.1 Å². The summed E-state index contributed by atoms with van der Waals surface area (Å²) >= 11 is 0. The Hall–Kier alpha value is -2.72. The smallest absolute Gasteiger partial charge is 0.240 e. The topological polar surface area (TPSA) is 122 Å². The van der Waals surface area contributed by atoms with Crippen LogP contribution in [-0.4, -0.2) is 41.7 Å². The number of aryl methyl sites for hydroxylation is 1. The molecule has 0 amide bonds. The zero-order valence-electron chi connectivity index (χ0n) is 14.9. The van der Waals surface area contributed by atoms with Crippen molar-refractivity contribution in [3.05, 3.63) is 30.1 Å². The summed E-state index contributed by atoms with van der Waals surface area (Å²) in [6.45, 7) is 5.65. The number of anilines is 2. The van der Waals surface area contributed by atoms with Gasteiger partial charge in [-0.15, -0.1) is 0 Å². The fraction of sp³-hybridized carbons (Fsp3) is 0.312. The number of ether oxygens (including phenoxy) is 1. The first-order chi connectivity index (χ1) is 12.3. The average Bonchev–Trinajstić information content (AvgIpc) is 2.96. The zero-order valence-corrected chi connectivity index (χ0v) is 15.7. The molecule has 0 aliphatic carbocycles. The number of hydrogen-bond donors (Lipinski definition) is 3. The van der Waals surface area contributed by atoms with Crippen LogP contribution in [0.3, 0.4) is 0 Å². The van der Waals surface area contributed by atoms with Crippen LogP contribution in [-0.2, 0) is 10.0 Å². The molecule has 26 heavy (non-hydrogen) atoms. The summed E-state index contributed by atoms with van der Waals surface area (Å²) in [6.07, 6.45) is 1.57. The van der Waals surface area contributed by atoms with Crippen molar-refractivity contribution in [3.8, 4) is 5.75 Å². The van der Waals surface area contributed by atoms with Crippen LogP contribution < -0.4 is 14.8 Å². The summed E-state index contributed by atoms with van der Waals surface area (Å²) in [6, 6.07) is 4.56. The second kappa shape index (κ2) is 6.89. The fourth-order valence-corrected chi connectivity index (χ4v) is 3.10. The molecule has 2 heterocycles. The molecule has 0 radical (unpaired) electrons. The van der Waals surface area contributed by atoms with Crippen molar-refractivity contribution < 1.29 is 13.2 Å². The van der Waals surface area contributed by atoms with Crippen molar-refractivity contribution in [1.29, 1.82) is 0 Å². The molecule has 3 rings (SSSR count). The van der Waals surface area contributed by atoms with E-state index >= 15 is 0 Å². The van der Waals surface area contributed by atoms with Gasteiger partial charge in [0.1, 0.15) is 5.75 Å². The highest BCUT2D eigenvalue weighted by Crippen LogP contribution is 2.30. The van der Waals surface area contributed by atoms with Crippen LogP contribution >= 0.6 is 0 Å². The number of fused-ring (bicyclic) bond motifs is 1. The molecule has 3 aromatic rings. The number of benzene rings is 1. The van der Waals surface area contributed by atoms with Crippen molar-refractivity contribution in [1.82, 2.24) is 24.9 Å². The van der Waals surface area contributed by atoms with Gasteiger partial charge in [0.25, 0.3) is 0 Å². The Morgan fingerprint density at radius 2 is 2.04 bits per heavy atom. The van der Waals surface area contributed by atoms with E-state index in [1.807, 2.05) is 20.8 Å². The van der Waals surface area contributed by atoms with Crippen molar-refractivity contribution in [2.45, 2.75) is 31.8 Å². The molecule has 0 saturated carbocycles. The largest absolute Gasteiger partial charge is 0.489 e. The van der Waals surface area contributed by atoms with Gasteiger partial charge in [0.15, 0.2) is 5.65 Å². The summed E-state index contributed by atoms with van der Waals surface area (Å²) in [5, 5.41) is 10.8. The molecular formula is C16H20N6O3S. The standard InChI is InChI=1S/C16H20N6O3S/c1-9(2)25-14-6-5-11(26(23,24)17-4)7-13(14)19-16-18-8-12-10(3)21-22-15(12)20-16/h5-9,17H,1-4H3,(H2,18,19,20,21,22). The van der Waals surface area contributed by atoms with Gasteiger partial charge in [-0.2, -0.15) is 10.1 Å². The van der Waals surface area contributed by atoms with E-state index in [4.69, 9.17) is 4.74 Å². The molecule has 9 nitrogen and oxygen atoms in total. The van der Waals surface area contributed by atoms with Crippen LogP contribution in [0.5, 0.6) is 5.75 Å². The van der Waals surface area contributed by atoms with Gasteiger partial charge in [0.2, 0.25) is 16.0 Å². The molecule has 0 unspecified atom stereocenters. The predicted molar refractivity (Wildman–Crippen MR) is 98.2 cm³/mol. The first-order valence-electron chi connectivity index (χ1n) is 7.99. The van der Waals surface area contributed by atoms with Crippen molar-refractivity contribution in [2.75, 3.05) is 12.4 Å². The Kier molecular flexibility index (Phi) is 4.79. The Labute approximate surface area is 151 Å². The van der Waals surface area contributed by atoms with Crippen molar-refractivity contribution in [2.24, 2.45) is 0 Å². The third-order valence-corrected chi connectivity index (χ3v) is 5.05. The monoisotopic (exact) mass is 376 g/mol. The number of H-pyrrole nitrogens is 1. The minimum absolute atomic E-state index is 0.0836. The van der Waals surface area contributed by atoms with Gasteiger partial charge in [-0.3, -0.25) is 5.10 Å². The van der Waals surface area contributed by atoms with E-state index < -0.39 is 10.0 Å². The normalized spacial score (nSPS) is 11.9. The minimum Gasteiger partial charge on any atom is -0.489 e. The average molecular weight is 376 g/mol. The van der Waals surface area contributed by atoms with E-state index in [2.05, 4.69) is 30.2 Å². The molecule has 0 fully saturated rings. The molecule has 2 aromatic heterocycles. The van der Waals surface area contributed by atoms with Crippen LogP contribution in [0.15, 0.2) is 29.3 Å². The third kappa shape index (κ3) is 3.60. The van der Waals surface area contributed by atoms with Crippen LogP contribution in [0.1, 0.15) is 19.5 Å². The molecule has 10 heteroatoms. The second-order valence-electron chi connectivity index (χ2n) is 5.94. The predicted octanol–water partition coefficient (Wildman–Crippen LogP) is 2.10. The van der Waals surface area contributed by atoms with Gasteiger partial charge < -0.3 is 10.1 Å². The lowest BCUT2D eigenvalue weighted by Crippen LogP contribution is -2.19. The molecule has 3 N–H and O–H groups in total. The van der Waals surface area contributed by atoms with Gasteiger partial charge in [-0.05, 0) is 46.0 Å². The molecule has 0 aliphatic rings. The van der Waals surface area contributed by atoms with Crippen molar-refractivity contribution in [3.63, 3.8) is 0 Å². The Morgan fingerprint density at radius 3 is 2.73 bits per heavy atom. The number of nitrogens with one attached hydrogen (secondary N) is 3. The summed E-state index contributed by atoms with van der Waals surface area (Å²) in [5.74, 6) is 0.786.